The smallest absolute Gasteiger partial charge is 0.248 e. The number of carbonyl (C=O) groups is 1. The molecule has 23 heavy (non-hydrogen) atoms. The van der Waals surface area contributed by atoms with Gasteiger partial charge in [-0.2, -0.15) is 4.98 Å². The highest BCUT2D eigenvalue weighted by atomic mass is 35.5. The summed E-state index contributed by atoms with van der Waals surface area (Å²) in [6, 6.07) is 4.99. The predicted octanol–water partition coefficient (Wildman–Crippen LogP) is 2.58. The Balaban J connectivity index is 1.65. The predicted molar refractivity (Wildman–Crippen MR) is 85.0 cm³/mol. The second-order valence-electron chi connectivity index (χ2n) is 5.21. The zero-order valence-electron chi connectivity index (χ0n) is 12.8. The number of aromatic nitrogens is 4. The summed E-state index contributed by atoms with van der Waals surface area (Å²) in [5.74, 6) is 1.41. The van der Waals surface area contributed by atoms with Crippen LogP contribution in [0.3, 0.4) is 0 Å². The molecule has 3 aromatic rings. The van der Waals surface area contributed by atoms with Crippen molar-refractivity contribution >= 4 is 28.5 Å². The van der Waals surface area contributed by atoms with Crippen LogP contribution in [-0.2, 0) is 17.6 Å². The molecular weight excluding hydrogens is 318 g/mol. The minimum Gasteiger partial charge on any atom is -0.344 e. The number of halogens is 1. The Hall–Kier alpha value is -2.41. The van der Waals surface area contributed by atoms with E-state index in [0.717, 1.165) is 11.0 Å². The van der Waals surface area contributed by atoms with Crippen molar-refractivity contribution < 1.29 is 9.32 Å². The third kappa shape index (κ3) is 3.50. The summed E-state index contributed by atoms with van der Waals surface area (Å²) in [6.07, 6.45) is 0.817. The maximum absolute atomic E-state index is 12.1. The van der Waals surface area contributed by atoms with E-state index in [0.29, 0.717) is 29.0 Å². The fourth-order valence-electron chi connectivity index (χ4n) is 2.21. The molecule has 0 fully saturated rings. The van der Waals surface area contributed by atoms with Crippen LogP contribution in [0.4, 0.5) is 0 Å². The van der Waals surface area contributed by atoms with Crippen LogP contribution in [0, 0.1) is 0 Å². The van der Waals surface area contributed by atoms with Crippen molar-refractivity contribution in [3.05, 3.63) is 40.8 Å². The molecule has 0 aliphatic heterocycles. The molecule has 3 rings (SSSR count). The van der Waals surface area contributed by atoms with E-state index in [2.05, 4.69) is 25.4 Å². The van der Waals surface area contributed by atoms with Gasteiger partial charge in [-0.1, -0.05) is 23.7 Å². The number of H-pyrrole nitrogens is 1. The number of rotatable bonds is 5. The maximum atomic E-state index is 12.1. The number of aryl methyl sites for hydroxylation is 1. The Kier molecular flexibility index (Phi) is 4.29. The Morgan fingerprint density at radius 1 is 1.43 bits per heavy atom. The summed E-state index contributed by atoms with van der Waals surface area (Å²) in [6.45, 7) is 3.73. The molecule has 2 aromatic heterocycles. The molecule has 8 heteroatoms. The Bertz CT molecular complexity index is 841. The number of aromatic amines is 1. The molecule has 0 aliphatic carbocycles. The second kappa shape index (κ2) is 6.37. The molecule has 0 spiro atoms. The molecule has 0 bridgehead atoms. The first-order chi connectivity index (χ1) is 11.0. The van der Waals surface area contributed by atoms with Crippen molar-refractivity contribution in [1.82, 2.24) is 25.4 Å². The van der Waals surface area contributed by atoms with E-state index in [9.17, 15) is 4.79 Å². The number of hydrogen-bond acceptors (Lipinski definition) is 5. The molecule has 1 atom stereocenters. The lowest BCUT2D eigenvalue weighted by molar-refractivity contribution is -0.121. The van der Waals surface area contributed by atoms with Crippen LogP contribution in [0.5, 0.6) is 0 Å². The lowest BCUT2D eigenvalue weighted by atomic mass is 10.3. The van der Waals surface area contributed by atoms with Crippen LogP contribution in [0.2, 0.25) is 5.02 Å². The van der Waals surface area contributed by atoms with E-state index < -0.39 is 0 Å². The van der Waals surface area contributed by atoms with Gasteiger partial charge in [-0.05, 0) is 25.1 Å². The normalized spacial score (nSPS) is 12.5. The first kappa shape index (κ1) is 15.5. The van der Waals surface area contributed by atoms with Crippen molar-refractivity contribution in [2.24, 2.45) is 0 Å². The van der Waals surface area contributed by atoms with Crippen molar-refractivity contribution in [2.45, 2.75) is 32.7 Å². The zero-order chi connectivity index (χ0) is 16.4. The minimum atomic E-state index is -0.353. The van der Waals surface area contributed by atoms with Crippen molar-refractivity contribution in [1.29, 1.82) is 0 Å². The number of nitrogens with zero attached hydrogens (tertiary/aromatic N) is 3. The highest BCUT2D eigenvalue weighted by Gasteiger charge is 2.17. The van der Waals surface area contributed by atoms with Crippen LogP contribution in [0.1, 0.15) is 37.4 Å². The molecule has 0 saturated carbocycles. The van der Waals surface area contributed by atoms with Crippen LogP contribution in [0.15, 0.2) is 22.7 Å². The van der Waals surface area contributed by atoms with Gasteiger partial charge in [-0.15, -0.1) is 0 Å². The Labute approximate surface area is 137 Å². The van der Waals surface area contributed by atoms with Crippen molar-refractivity contribution in [3.8, 4) is 0 Å². The summed E-state index contributed by atoms with van der Waals surface area (Å²) in [4.78, 5) is 23.8. The van der Waals surface area contributed by atoms with Gasteiger partial charge in [0.1, 0.15) is 11.9 Å². The van der Waals surface area contributed by atoms with E-state index in [-0.39, 0.29) is 18.4 Å². The van der Waals surface area contributed by atoms with Gasteiger partial charge in [0.2, 0.25) is 11.8 Å². The van der Waals surface area contributed by atoms with E-state index in [4.69, 9.17) is 16.1 Å². The monoisotopic (exact) mass is 333 g/mol. The van der Waals surface area contributed by atoms with Gasteiger partial charge in [0.15, 0.2) is 5.82 Å². The van der Waals surface area contributed by atoms with E-state index in [1.54, 1.807) is 19.1 Å². The average molecular weight is 334 g/mol. The number of amides is 1. The Morgan fingerprint density at radius 3 is 3.00 bits per heavy atom. The second-order valence-corrected chi connectivity index (χ2v) is 5.65. The summed E-state index contributed by atoms with van der Waals surface area (Å²) >= 11 is 5.93. The third-order valence-electron chi connectivity index (χ3n) is 3.37. The minimum absolute atomic E-state index is 0.130. The number of hydrogen-bond donors (Lipinski definition) is 2. The van der Waals surface area contributed by atoms with E-state index in [1.165, 1.54) is 0 Å². The SMILES string of the molecule is CCc1noc(C(C)NC(=O)Cc2nc3ccc(Cl)cc3[nH]2)n1. The molecule has 0 aliphatic rings. The van der Waals surface area contributed by atoms with Gasteiger partial charge in [0, 0.05) is 11.4 Å². The lowest BCUT2D eigenvalue weighted by Crippen LogP contribution is -2.28. The molecule has 2 heterocycles. The molecule has 1 amide bonds. The highest BCUT2D eigenvalue weighted by Crippen LogP contribution is 2.17. The van der Waals surface area contributed by atoms with Crippen molar-refractivity contribution in [2.75, 3.05) is 0 Å². The summed E-state index contributed by atoms with van der Waals surface area (Å²) in [7, 11) is 0. The van der Waals surface area contributed by atoms with Gasteiger partial charge >= 0.3 is 0 Å². The fraction of sp³-hybridized carbons (Fsp3) is 0.333. The standard InChI is InChI=1S/C15H16ClN5O2/c1-3-12-20-15(23-21-12)8(2)17-14(22)7-13-18-10-5-4-9(16)6-11(10)19-13/h4-6,8H,3,7H2,1-2H3,(H,17,22)(H,18,19). The molecule has 2 N–H and O–H groups in total. The zero-order valence-corrected chi connectivity index (χ0v) is 13.5. The van der Waals surface area contributed by atoms with Gasteiger partial charge in [0.25, 0.3) is 0 Å². The van der Waals surface area contributed by atoms with E-state index in [1.807, 2.05) is 13.0 Å². The Morgan fingerprint density at radius 2 is 2.26 bits per heavy atom. The number of imidazole rings is 1. The number of nitrogens with one attached hydrogen (secondary N) is 2. The largest absolute Gasteiger partial charge is 0.344 e. The first-order valence-electron chi connectivity index (χ1n) is 7.31. The molecule has 1 aromatic carbocycles. The molecule has 0 saturated heterocycles. The average Bonchev–Trinajstić information content (AvgIpc) is 3.12. The molecule has 120 valence electrons. The van der Waals surface area contributed by atoms with Gasteiger partial charge in [-0.3, -0.25) is 4.79 Å². The molecule has 1 unspecified atom stereocenters. The summed E-state index contributed by atoms with van der Waals surface area (Å²) in [5.41, 5.74) is 1.58. The van der Waals surface area contributed by atoms with Crippen LogP contribution in [0.25, 0.3) is 11.0 Å². The number of fused-ring (bicyclic) bond motifs is 1. The number of benzene rings is 1. The van der Waals surface area contributed by atoms with Gasteiger partial charge in [-0.25, -0.2) is 4.98 Å². The van der Waals surface area contributed by atoms with Crippen molar-refractivity contribution in [3.63, 3.8) is 0 Å². The quantitative estimate of drug-likeness (QED) is 0.748. The summed E-state index contributed by atoms with van der Waals surface area (Å²) in [5, 5.41) is 7.25. The van der Waals surface area contributed by atoms with Crippen LogP contribution >= 0.6 is 11.6 Å². The van der Waals surface area contributed by atoms with Gasteiger partial charge < -0.3 is 14.8 Å². The van der Waals surface area contributed by atoms with Crippen LogP contribution < -0.4 is 5.32 Å². The van der Waals surface area contributed by atoms with E-state index >= 15 is 0 Å². The summed E-state index contributed by atoms with van der Waals surface area (Å²) < 4.78 is 5.12. The third-order valence-corrected chi connectivity index (χ3v) is 3.60. The molecular formula is C15H16ClN5O2. The highest BCUT2D eigenvalue weighted by molar-refractivity contribution is 6.31. The topological polar surface area (TPSA) is 96.7 Å². The molecule has 7 nitrogen and oxygen atoms in total. The first-order valence-corrected chi connectivity index (χ1v) is 7.69. The lowest BCUT2D eigenvalue weighted by Gasteiger charge is -2.08. The van der Waals surface area contributed by atoms with Crippen LogP contribution in [-0.4, -0.2) is 26.0 Å². The van der Waals surface area contributed by atoms with Gasteiger partial charge in [0.05, 0.1) is 17.5 Å². The number of carbonyl (C=O) groups excluding carboxylic acids is 1. The molecule has 0 radical (unpaired) electrons. The maximum Gasteiger partial charge on any atom is 0.248 e. The fourth-order valence-corrected chi connectivity index (χ4v) is 2.38.